The van der Waals surface area contributed by atoms with E-state index in [1.54, 1.807) is 0 Å². The Balaban J connectivity index is 1.56. The van der Waals surface area contributed by atoms with E-state index in [4.69, 9.17) is 0 Å². The number of rotatable bonds is 4. The van der Waals surface area contributed by atoms with Crippen molar-refractivity contribution in [3.8, 4) is 0 Å². The Labute approximate surface area is 148 Å². The molecule has 1 atom stereocenters. The van der Waals surface area contributed by atoms with Gasteiger partial charge in [-0.2, -0.15) is 5.10 Å². The van der Waals surface area contributed by atoms with E-state index in [0.717, 1.165) is 42.5 Å². The lowest BCUT2D eigenvalue weighted by atomic mass is 9.82. The highest BCUT2D eigenvalue weighted by Crippen LogP contribution is 2.39. The van der Waals surface area contributed by atoms with Gasteiger partial charge in [0, 0.05) is 30.1 Å². The third-order valence-electron chi connectivity index (χ3n) is 6.32. The number of carbonyl (C=O) groups is 1. The molecule has 0 N–H and O–H groups in total. The molecule has 4 fully saturated rings. The Bertz CT molecular complexity index is 801. The minimum atomic E-state index is 0.252. The minimum absolute atomic E-state index is 0.252. The Morgan fingerprint density at radius 2 is 2.04 bits per heavy atom. The summed E-state index contributed by atoms with van der Waals surface area (Å²) in [5.74, 6) is 1.25. The van der Waals surface area contributed by atoms with Crippen molar-refractivity contribution in [2.45, 2.75) is 45.2 Å². The minimum Gasteiger partial charge on any atom is -0.307 e. The van der Waals surface area contributed by atoms with Crippen LogP contribution in [0.25, 0.3) is 10.9 Å². The fraction of sp³-hybridized carbons (Fsp3) is 0.600. The molecule has 1 saturated carbocycles. The van der Waals surface area contributed by atoms with Gasteiger partial charge in [0.15, 0.2) is 0 Å². The molecule has 5 heteroatoms. The van der Waals surface area contributed by atoms with Crippen LogP contribution in [-0.4, -0.2) is 46.3 Å². The molecule has 1 aromatic carbocycles. The standard InChI is InChI=1S/C20H26N4O/c1-2-23-18-11-17(6-5-16(18)12-21-23)24(20(25)15-3-4-15)19-13-22-9-7-14(19)8-10-22/h5-6,11-12,14-15,19H,2-4,7-10,13H2,1H3/t19-/m1/s1. The number of carbonyl (C=O) groups excluding carboxylic acids is 1. The first-order chi connectivity index (χ1) is 12.2. The highest BCUT2D eigenvalue weighted by molar-refractivity contribution is 5.99. The summed E-state index contributed by atoms with van der Waals surface area (Å²) in [5, 5.41) is 5.61. The van der Waals surface area contributed by atoms with E-state index in [1.165, 1.54) is 25.9 Å². The highest BCUT2D eigenvalue weighted by Gasteiger charge is 2.43. The molecule has 0 radical (unpaired) electrons. The lowest BCUT2D eigenvalue weighted by Crippen LogP contribution is -2.59. The number of piperidine rings is 3. The number of benzene rings is 1. The number of aromatic nitrogens is 2. The third kappa shape index (κ3) is 2.56. The zero-order chi connectivity index (χ0) is 17.0. The van der Waals surface area contributed by atoms with Gasteiger partial charge in [0.25, 0.3) is 0 Å². The number of hydrogen-bond acceptors (Lipinski definition) is 3. The van der Waals surface area contributed by atoms with Crippen molar-refractivity contribution >= 4 is 22.5 Å². The van der Waals surface area contributed by atoms with Gasteiger partial charge in [0.1, 0.15) is 0 Å². The van der Waals surface area contributed by atoms with Crippen molar-refractivity contribution in [3.05, 3.63) is 24.4 Å². The van der Waals surface area contributed by atoms with Crippen LogP contribution in [0.5, 0.6) is 0 Å². The maximum Gasteiger partial charge on any atom is 0.230 e. The molecule has 3 saturated heterocycles. The van der Waals surface area contributed by atoms with Crippen LogP contribution >= 0.6 is 0 Å². The molecule has 25 heavy (non-hydrogen) atoms. The topological polar surface area (TPSA) is 41.4 Å². The van der Waals surface area contributed by atoms with Crippen LogP contribution in [-0.2, 0) is 11.3 Å². The maximum absolute atomic E-state index is 13.2. The van der Waals surface area contributed by atoms with E-state index >= 15 is 0 Å². The Hall–Kier alpha value is -1.88. The van der Waals surface area contributed by atoms with Crippen LogP contribution in [0, 0.1) is 11.8 Å². The molecule has 1 aliphatic carbocycles. The first-order valence-electron chi connectivity index (χ1n) is 9.75. The Morgan fingerprint density at radius 3 is 2.68 bits per heavy atom. The average Bonchev–Trinajstić information content (AvgIpc) is 3.43. The smallest absolute Gasteiger partial charge is 0.230 e. The molecule has 4 aliphatic rings. The van der Waals surface area contributed by atoms with Gasteiger partial charge in [-0.1, -0.05) is 0 Å². The third-order valence-corrected chi connectivity index (χ3v) is 6.32. The average molecular weight is 338 g/mol. The Kier molecular flexibility index (Phi) is 3.59. The van der Waals surface area contributed by atoms with Crippen molar-refractivity contribution in [2.75, 3.05) is 24.5 Å². The summed E-state index contributed by atoms with van der Waals surface area (Å²) in [6.07, 6.45) is 6.50. The van der Waals surface area contributed by atoms with Crippen molar-refractivity contribution in [2.24, 2.45) is 11.8 Å². The van der Waals surface area contributed by atoms with E-state index in [1.807, 2.05) is 10.9 Å². The largest absolute Gasteiger partial charge is 0.307 e. The van der Waals surface area contributed by atoms with Gasteiger partial charge in [-0.25, -0.2) is 0 Å². The fourth-order valence-corrected chi connectivity index (χ4v) is 4.70. The quantitative estimate of drug-likeness (QED) is 0.861. The molecule has 132 valence electrons. The molecule has 2 aromatic rings. The van der Waals surface area contributed by atoms with Crippen LogP contribution in [0.1, 0.15) is 32.6 Å². The summed E-state index contributed by atoms with van der Waals surface area (Å²) in [7, 11) is 0. The summed E-state index contributed by atoms with van der Waals surface area (Å²) >= 11 is 0. The molecule has 5 nitrogen and oxygen atoms in total. The molecule has 0 unspecified atom stereocenters. The predicted molar refractivity (Wildman–Crippen MR) is 98.6 cm³/mol. The highest BCUT2D eigenvalue weighted by atomic mass is 16.2. The SMILES string of the molecule is CCn1ncc2ccc(N(C(=O)C3CC3)[C@@H]3CN4CCC3CC4)cc21. The normalized spacial score (nSPS) is 28.4. The molecule has 1 aromatic heterocycles. The number of amides is 1. The molecule has 4 heterocycles. The van der Waals surface area contributed by atoms with Crippen LogP contribution in [0.15, 0.2) is 24.4 Å². The van der Waals surface area contributed by atoms with Crippen LogP contribution in [0.3, 0.4) is 0 Å². The van der Waals surface area contributed by atoms with Gasteiger partial charge >= 0.3 is 0 Å². The summed E-state index contributed by atoms with van der Waals surface area (Å²) in [6.45, 7) is 6.40. The van der Waals surface area contributed by atoms with E-state index < -0.39 is 0 Å². The molecule has 1 amide bonds. The molecule has 2 bridgehead atoms. The lowest BCUT2D eigenvalue weighted by Gasteiger charge is -2.49. The zero-order valence-corrected chi connectivity index (χ0v) is 14.9. The van der Waals surface area contributed by atoms with E-state index in [9.17, 15) is 4.79 Å². The number of fused-ring (bicyclic) bond motifs is 4. The van der Waals surface area contributed by atoms with Gasteiger partial charge in [0.05, 0.1) is 17.8 Å². The fourth-order valence-electron chi connectivity index (χ4n) is 4.70. The number of hydrogen-bond donors (Lipinski definition) is 0. The molecular weight excluding hydrogens is 312 g/mol. The summed E-state index contributed by atoms with van der Waals surface area (Å²) in [5.41, 5.74) is 2.20. The second-order valence-electron chi connectivity index (χ2n) is 7.89. The summed E-state index contributed by atoms with van der Waals surface area (Å²) in [4.78, 5) is 17.9. The maximum atomic E-state index is 13.2. The van der Waals surface area contributed by atoms with E-state index in [-0.39, 0.29) is 5.92 Å². The van der Waals surface area contributed by atoms with Gasteiger partial charge in [-0.3, -0.25) is 9.48 Å². The first kappa shape index (κ1) is 15.4. The second-order valence-corrected chi connectivity index (χ2v) is 7.89. The van der Waals surface area contributed by atoms with Crippen LogP contribution in [0.2, 0.25) is 0 Å². The van der Waals surface area contributed by atoms with Gasteiger partial charge in [-0.05, 0) is 69.8 Å². The zero-order valence-electron chi connectivity index (χ0n) is 14.9. The van der Waals surface area contributed by atoms with Crippen molar-refractivity contribution in [3.63, 3.8) is 0 Å². The number of aryl methyl sites for hydroxylation is 1. The van der Waals surface area contributed by atoms with Crippen LogP contribution < -0.4 is 4.90 Å². The van der Waals surface area contributed by atoms with Crippen molar-refractivity contribution in [1.82, 2.24) is 14.7 Å². The Morgan fingerprint density at radius 1 is 1.24 bits per heavy atom. The van der Waals surface area contributed by atoms with Gasteiger partial charge in [-0.15, -0.1) is 0 Å². The van der Waals surface area contributed by atoms with Gasteiger partial charge < -0.3 is 9.80 Å². The molecule has 3 aliphatic heterocycles. The predicted octanol–water partition coefficient (Wildman–Crippen LogP) is 2.89. The summed E-state index contributed by atoms with van der Waals surface area (Å²) < 4.78 is 2.02. The lowest BCUT2D eigenvalue weighted by molar-refractivity contribution is -0.121. The number of anilines is 1. The van der Waals surface area contributed by atoms with E-state index in [2.05, 4.69) is 40.0 Å². The first-order valence-corrected chi connectivity index (χ1v) is 9.75. The van der Waals surface area contributed by atoms with E-state index in [0.29, 0.717) is 17.9 Å². The van der Waals surface area contributed by atoms with Crippen molar-refractivity contribution in [1.29, 1.82) is 0 Å². The second kappa shape index (κ2) is 5.84. The van der Waals surface area contributed by atoms with Crippen molar-refractivity contribution < 1.29 is 4.79 Å². The van der Waals surface area contributed by atoms with Crippen LogP contribution in [0.4, 0.5) is 5.69 Å². The van der Waals surface area contributed by atoms with Gasteiger partial charge in [0.2, 0.25) is 5.91 Å². The molecular formula is C20H26N4O. The molecule has 0 spiro atoms. The monoisotopic (exact) mass is 338 g/mol. The summed E-state index contributed by atoms with van der Waals surface area (Å²) in [6, 6.07) is 6.77. The molecule has 6 rings (SSSR count). The number of nitrogens with zero attached hydrogens (tertiary/aromatic N) is 4.